The third-order valence-corrected chi connectivity index (χ3v) is 3.43. The molecule has 0 radical (unpaired) electrons. The van der Waals surface area contributed by atoms with E-state index in [1.165, 1.54) is 6.07 Å². The lowest BCUT2D eigenvalue weighted by atomic mass is 10.3. The Bertz CT molecular complexity index is 650. The fraction of sp³-hybridized carbons (Fsp3) is 0.286. The zero-order valence-corrected chi connectivity index (χ0v) is 12.5. The summed E-state index contributed by atoms with van der Waals surface area (Å²) in [6.07, 6.45) is 2.17. The van der Waals surface area contributed by atoms with E-state index in [0.717, 1.165) is 18.7 Å². The summed E-state index contributed by atoms with van der Waals surface area (Å²) in [5, 5.41) is 3.00. The van der Waals surface area contributed by atoms with Gasteiger partial charge < -0.3 is 10.1 Å². The number of halogens is 3. The Hall–Kier alpha value is -1.76. The van der Waals surface area contributed by atoms with Crippen LogP contribution in [-0.4, -0.2) is 16.6 Å². The van der Waals surface area contributed by atoms with Gasteiger partial charge in [0, 0.05) is 12.0 Å². The van der Waals surface area contributed by atoms with Gasteiger partial charge in [0.05, 0.1) is 5.69 Å². The van der Waals surface area contributed by atoms with Gasteiger partial charge in [-0.15, -0.1) is 0 Å². The van der Waals surface area contributed by atoms with Gasteiger partial charge in [-0.1, -0.05) is 12.1 Å². The molecule has 1 aromatic carbocycles. The average molecular weight is 356 g/mol. The Morgan fingerprint density at radius 2 is 2.00 bits per heavy atom. The van der Waals surface area contributed by atoms with E-state index in [1.807, 2.05) is 0 Å². The third kappa shape index (κ3) is 3.66. The quantitative estimate of drug-likeness (QED) is 0.804. The summed E-state index contributed by atoms with van der Waals surface area (Å²) in [7, 11) is 0. The van der Waals surface area contributed by atoms with E-state index in [9.17, 15) is 8.78 Å². The van der Waals surface area contributed by atoms with Gasteiger partial charge in [0.2, 0.25) is 0 Å². The van der Waals surface area contributed by atoms with Gasteiger partial charge in [-0.2, -0.15) is 8.78 Å². The van der Waals surface area contributed by atoms with Crippen LogP contribution in [0.25, 0.3) is 0 Å². The number of ether oxygens (including phenoxy) is 1. The van der Waals surface area contributed by atoms with E-state index in [2.05, 4.69) is 36.0 Å². The lowest BCUT2D eigenvalue weighted by Gasteiger charge is -2.12. The molecule has 4 nitrogen and oxygen atoms in total. The highest BCUT2D eigenvalue weighted by atomic mass is 79.9. The number of nitrogens with zero attached hydrogens (tertiary/aromatic N) is 2. The third-order valence-electron chi connectivity index (χ3n) is 3.02. The van der Waals surface area contributed by atoms with Crippen LogP contribution in [-0.2, 0) is 0 Å². The smallest absolute Gasteiger partial charge is 0.387 e. The molecule has 2 aromatic rings. The highest BCUT2D eigenvalue weighted by molar-refractivity contribution is 9.10. The van der Waals surface area contributed by atoms with Crippen molar-refractivity contribution in [3.8, 4) is 5.75 Å². The van der Waals surface area contributed by atoms with Crippen LogP contribution in [0.1, 0.15) is 24.6 Å². The molecular formula is C14H12BrF2N3O. The highest BCUT2D eigenvalue weighted by Crippen LogP contribution is 2.39. The Kier molecular flexibility index (Phi) is 4.01. The number of para-hydroxylation sites is 2. The summed E-state index contributed by atoms with van der Waals surface area (Å²) in [5.74, 6) is 1.79. The summed E-state index contributed by atoms with van der Waals surface area (Å²) in [5.41, 5.74) is 0.435. The highest BCUT2D eigenvalue weighted by Gasteiger charge is 2.27. The minimum atomic E-state index is -2.87. The molecule has 1 aliphatic carbocycles. The van der Waals surface area contributed by atoms with Crippen LogP contribution in [0.4, 0.5) is 20.3 Å². The molecule has 3 rings (SSSR count). The number of aromatic nitrogens is 2. The van der Waals surface area contributed by atoms with Crippen molar-refractivity contribution in [2.75, 3.05) is 5.32 Å². The van der Waals surface area contributed by atoms with Crippen molar-refractivity contribution in [1.29, 1.82) is 0 Å². The molecule has 110 valence electrons. The van der Waals surface area contributed by atoms with Crippen LogP contribution in [0.2, 0.25) is 0 Å². The molecule has 7 heteroatoms. The lowest BCUT2D eigenvalue weighted by molar-refractivity contribution is -0.0493. The van der Waals surface area contributed by atoms with Crippen molar-refractivity contribution in [1.82, 2.24) is 9.97 Å². The molecule has 1 saturated carbocycles. The van der Waals surface area contributed by atoms with Crippen molar-refractivity contribution in [3.63, 3.8) is 0 Å². The SMILES string of the molecule is FC(F)Oc1ccccc1Nc1cc(Br)nc(C2CC2)n1. The molecule has 21 heavy (non-hydrogen) atoms. The number of alkyl halides is 2. The fourth-order valence-corrected chi connectivity index (χ4v) is 2.33. The maximum absolute atomic E-state index is 12.4. The van der Waals surface area contributed by atoms with Crippen molar-refractivity contribution in [2.45, 2.75) is 25.4 Å². The maximum atomic E-state index is 12.4. The van der Waals surface area contributed by atoms with Crippen molar-refractivity contribution >= 4 is 27.4 Å². The van der Waals surface area contributed by atoms with Crippen molar-refractivity contribution < 1.29 is 13.5 Å². The molecule has 1 N–H and O–H groups in total. The number of benzene rings is 1. The second-order valence-corrected chi connectivity index (χ2v) is 5.52. The van der Waals surface area contributed by atoms with E-state index in [1.54, 1.807) is 24.3 Å². The Morgan fingerprint density at radius 3 is 2.71 bits per heavy atom. The number of hydrogen-bond donors (Lipinski definition) is 1. The van der Waals surface area contributed by atoms with Gasteiger partial charge in [0.15, 0.2) is 0 Å². The monoisotopic (exact) mass is 355 g/mol. The van der Waals surface area contributed by atoms with Gasteiger partial charge in [-0.25, -0.2) is 9.97 Å². The topological polar surface area (TPSA) is 47.0 Å². The fourth-order valence-electron chi connectivity index (χ4n) is 1.93. The Balaban J connectivity index is 1.86. The zero-order chi connectivity index (χ0) is 14.8. The molecule has 0 amide bonds. The summed E-state index contributed by atoms with van der Waals surface area (Å²) >= 11 is 3.34. The van der Waals surface area contributed by atoms with Crippen molar-refractivity contribution in [3.05, 3.63) is 40.8 Å². The summed E-state index contributed by atoms with van der Waals surface area (Å²) in [4.78, 5) is 8.74. The van der Waals surface area contributed by atoms with Crippen LogP contribution in [0, 0.1) is 0 Å². The standard InChI is InChI=1S/C14H12BrF2N3O/c15-11-7-12(20-13(19-11)8-5-6-8)18-9-3-1-2-4-10(9)21-14(16)17/h1-4,7-8,14H,5-6H2,(H,18,19,20). The zero-order valence-electron chi connectivity index (χ0n) is 10.9. The van der Waals surface area contributed by atoms with E-state index >= 15 is 0 Å². The number of rotatable bonds is 5. The van der Waals surface area contributed by atoms with Crippen LogP contribution >= 0.6 is 15.9 Å². The number of hydrogen-bond acceptors (Lipinski definition) is 4. The predicted octanol–water partition coefficient (Wildman–Crippen LogP) is 4.46. The van der Waals surface area contributed by atoms with E-state index in [-0.39, 0.29) is 5.75 Å². The normalized spacial score (nSPS) is 14.3. The van der Waals surface area contributed by atoms with E-state index in [4.69, 9.17) is 0 Å². The second kappa shape index (κ2) is 5.93. The Labute approximate surface area is 128 Å². The first kappa shape index (κ1) is 14.2. The minimum absolute atomic E-state index is 0.0789. The molecule has 0 spiro atoms. The van der Waals surface area contributed by atoms with Crippen LogP contribution < -0.4 is 10.1 Å². The molecular weight excluding hydrogens is 344 g/mol. The average Bonchev–Trinajstić information content (AvgIpc) is 3.24. The largest absolute Gasteiger partial charge is 0.433 e. The number of nitrogens with one attached hydrogen (secondary N) is 1. The molecule has 0 bridgehead atoms. The molecule has 1 heterocycles. The van der Waals surface area contributed by atoms with Gasteiger partial charge in [-0.3, -0.25) is 0 Å². The molecule has 1 aliphatic rings. The molecule has 1 fully saturated rings. The second-order valence-electron chi connectivity index (χ2n) is 4.71. The molecule has 0 saturated heterocycles. The first-order valence-corrected chi connectivity index (χ1v) is 7.26. The van der Waals surface area contributed by atoms with Crippen LogP contribution in [0.5, 0.6) is 5.75 Å². The van der Waals surface area contributed by atoms with Crippen LogP contribution in [0.3, 0.4) is 0 Å². The van der Waals surface area contributed by atoms with E-state index in [0.29, 0.717) is 22.0 Å². The number of anilines is 2. The maximum Gasteiger partial charge on any atom is 0.387 e. The van der Waals surface area contributed by atoms with Gasteiger partial charge >= 0.3 is 6.61 Å². The van der Waals surface area contributed by atoms with E-state index < -0.39 is 6.61 Å². The molecule has 1 aromatic heterocycles. The van der Waals surface area contributed by atoms with Gasteiger partial charge in [-0.05, 0) is 40.9 Å². The summed E-state index contributed by atoms with van der Waals surface area (Å²) < 4.78 is 29.9. The Morgan fingerprint density at radius 1 is 1.24 bits per heavy atom. The predicted molar refractivity (Wildman–Crippen MR) is 78.1 cm³/mol. The van der Waals surface area contributed by atoms with Crippen molar-refractivity contribution in [2.24, 2.45) is 0 Å². The first-order valence-electron chi connectivity index (χ1n) is 6.47. The summed E-state index contributed by atoms with van der Waals surface area (Å²) in [6, 6.07) is 8.20. The lowest BCUT2D eigenvalue weighted by Crippen LogP contribution is -2.05. The van der Waals surface area contributed by atoms with Crippen LogP contribution in [0.15, 0.2) is 34.9 Å². The first-order chi connectivity index (χ1) is 10.1. The van der Waals surface area contributed by atoms with Gasteiger partial charge in [0.1, 0.15) is 22.0 Å². The minimum Gasteiger partial charge on any atom is -0.433 e. The molecule has 0 aliphatic heterocycles. The van der Waals surface area contributed by atoms with Gasteiger partial charge in [0.25, 0.3) is 0 Å². The molecule has 0 unspecified atom stereocenters. The molecule has 0 atom stereocenters. The summed E-state index contributed by atoms with van der Waals surface area (Å²) in [6.45, 7) is -2.87.